The van der Waals surface area contributed by atoms with Crippen LogP contribution < -0.4 is 5.73 Å². The van der Waals surface area contributed by atoms with Crippen LogP contribution >= 0.6 is 7.82 Å². The molecule has 12 nitrogen and oxygen atoms in total. The molecule has 0 saturated heterocycles. The Morgan fingerprint density at radius 1 is 0.574 bits per heavy atom. The zero-order chi connectivity index (χ0) is 45.1. The number of rotatable bonds is 38. The number of aliphatic hydroxyl groups is 1. The number of carboxylic acid groups (broad SMARTS) is 1. The van der Waals surface area contributed by atoms with E-state index in [2.05, 4.69) is 103 Å². The number of hydrogen-bond donors (Lipinski definition) is 4. The minimum absolute atomic E-state index is 0.0481. The molecule has 0 aliphatic carbocycles. The average Bonchev–Trinajstić information content (AvgIpc) is 3.24. The Morgan fingerprint density at radius 3 is 1.46 bits per heavy atom. The largest absolute Gasteiger partial charge is 0.480 e. The summed E-state index contributed by atoms with van der Waals surface area (Å²) in [4.78, 5) is 45.9. The van der Waals surface area contributed by atoms with Crippen LogP contribution in [0.3, 0.4) is 0 Å². The summed E-state index contributed by atoms with van der Waals surface area (Å²) in [6.07, 6.45) is 52.3. The van der Waals surface area contributed by atoms with E-state index in [0.29, 0.717) is 19.3 Å². The maximum absolute atomic E-state index is 12.6. The molecule has 0 aromatic rings. The van der Waals surface area contributed by atoms with Gasteiger partial charge in [0, 0.05) is 12.8 Å². The molecule has 0 spiro atoms. The first kappa shape index (κ1) is 56.8. The number of carbonyl (C=O) groups is 3. The first-order chi connectivity index (χ1) is 29.5. The van der Waals surface area contributed by atoms with Crippen molar-refractivity contribution in [3.8, 4) is 0 Å². The summed E-state index contributed by atoms with van der Waals surface area (Å²) in [6, 6.07) is -1.55. The molecular weight excluding hydrogens is 797 g/mol. The van der Waals surface area contributed by atoms with Gasteiger partial charge in [0.2, 0.25) is 0 Å². The lowest BCUT2D eigenvalue weighted by atomic mass is 10.1. The molecule has 0 aromatic heterocycles. The molecular formula is C48H74NO11P. The van der Waals surface area contributed by atoms with Crippen molar-refractivity contribution in [3.05, 3.63) is 122 Å². The van der Waals surface area contributed by atoms with Crippen LogP contribution in [0, 0.1) is 0 Å². The zero-order valence-corrected chi connectivity index (χ0v) is 37.4. The summed E-state index contributed by atoms with van der Waals surface area (Å²) in [5.74, 6) is -2.60. The first-order valence-corrected chi connectivity index (χ1v) is 23.1. The Labute approximate surface area is 365 Å². The van der Waals surface area contributed by atoms with Crippen LogP contribution in [-0.2, 0) is 37.5 Å². The van der Waals surface area contributed by atoms with Crippen molar-refractivity contribution in [2.75, 3.05) is 19.8 Å². The summed E-state index contributed by atoms with van der Waals surface area (Å²) in [6.45, 7) is 2.24. The van der Waals surface area contributed by atoms with Gasteiger partial charge in [0.25, 0.3) is 0 Å². The molecule has 0 fully saturated rings. The fraction of sp³-hybridized carbons (Fsp3) is 0.521. The van der Waals surface area contributed by atoms with E-state index in [1.165, 1.54) is 0 Å². The minimum Gasteiger partial charge on any atom is -0.480 e. The number of aliphatic carboxylic acids is 1. The quantitative estimate of drug-likeness (QED) is 0.0199. The van der Waals surface area contributed by atoms with E-state index in [1.807, 2.05) is 37.3 Å². The molecule has 0 aliphatic rings. The number of carboxylic acids is 1. The van der Waals surface area contributed by atoms with Crippen molar-refractivity contribution >= 4 is 25.7 Å². The fourth-order valence-corrected chi connectivity index (χ4v) is 5.60. The van der Waals surface area contributed by atoms with Gasteiger partial charge in [-0.25, -0.2) is 4.57 Å². The predicted molar refractivity (Wildman–Crippen MR) is 245 cm³/mol. The number of esters is 2. The summed E-state index contributed by atoms with van der Waals surface area (Å²) >= 11 is 0. The van der Waals surface area contributed by atoms with Gasteiger partial charge in [0.05, 0.1) is 19.3 Å². The third kappa shape index (κ3) is 41.0. The molecule has 342 valence electrons. The van der Waals surface area contributed by atoms with Crippen molar-refractivity contribution in [2.24, 2.45) is 5.73 Å². The standard InChI is InChI=1S/C48H74NO11P/c1-3-5-6-7-8-9-10-11-12-13-14-15-16-20-23-26-29-32-35-38-46(51)57-40-44(41-58-61(55,56)59-42-45(49)48(53)54)60-47(52)39-36-33-30-27-24-21-18-17-19-22-25-28-31-34-37-43(50)4-2/h5-6,8-9,11-12,14-15,18-23,27-32,43-45,50H,3-4,7,10,13,16-17,24-26,33-42,49H2,1-2H3,(H,53,54)(H,55,56)/b6-5-,9-8-,12-11-,15-14-,21-18-,22-19-,23-20-,30-27-,31-28-,32-29-/t43-,44-,45+/m1/s1. The highest BCUT2D eigenvalue weighted by Gasteiger charge is 2.28. The SMILES string of the molecule is CC/C=C\C/C=C\C/C=C\C/C=C\C/C=C\C/C=C\CCC(=O)OC[C@H](COP(=O)(O)OC[C@H](N)C(=O)O)OC(=O)CCC/C=C\C/C=C\C/C=C\C/C=C\CC[C@H](O)CC. The zero-order valence-electron chi connectivity index (χ0n) is 36.6. The second-order valence-electron chi connectivity index (χ2n) is 13.9. The Hall–Kier alpha value is -4.16. The monoisotopic (exact) mass is 871 g/mol. The summed E-state index contributed by atoms with van der Waals surface area (Å²) in [5, 5.41) is 18.4. The van der Waals surface area contributed by atoms with E-state index in [-0.39, 0.29) is 18.9 Å². The van der Waals surface area contributed by atoms with E-state index in [9.17, 15) is 28.9 Å². The van der Waals surface area contributed by atoms with Gasteiger partial charge >= 0.3 is 25.7 Å². The van der Waals surface area contributed by atoms with Gasteiger partial charge in [-0.3, -0.25) is 23.4 Å². The van der Waals surface area contributed by atoms with Crippen LogP contribution in [0.2, 0.25) is 0 Å². The second-order valence-corrected chi connectivity index (χ2v) is 15.3. The predicted octanol–water partition coefficient (Wildman–Crippen LogP) is 10.6. The number of unbranched alkanes of at least 4 members (excludes halogenated alkanes) is 1. The van der Waals surface area contributed by atoms with E-state index < -0.39 is 57.7 Å². The number of hydrogen-bond acceptors (Lipinski definition) is 10. The van der Waals surface area contributed by atoms with Gasteiger partial charge in [-0.2, -0.15) is 0 Å². The van der Waals surface area contributed by atoms with Gasteiger partial charge in [-0.1, -0.05) is 135 Å². The second kappa shape index (κ2) is 41.2. The molecule has 0 rings (SSSR count). The van der Waals surface area contributed by atoms with E-state index >= 15 is 0 Å². The topological polar surface area (TPSA) is 192 Å². The van der Waals surface area contributed by atoms with Crippen LogP contribution in [0.4, 0.5) is 0 Å². The smallest absolute Gasteiger partial charge is 0.472 e. The normalized spacial score (nSPS) is 15.4. The third-order valence-electron chi connectivity index (χ3n) is 8.37. The lowest BCUT2D eigenvalue weighted by Gasteiger charge is -2.20. The number of nitrogens with two attached hydrogens (primary N) is 1. The highest BCUT2D eigenvalue weighted by molar-refractivity contribution is 7.47. The molecule has 13 heteroatoms. The van der Waals surface area contributed by atoms with Crippen molar-refractivity contribution < 1.29 is 52.6 Å². The molecule has 61 heavy (non-hydrogen) atoms. The summed E-state index contributed by atoms with van der Waals surface area (Å²) in [5.41, 5.74) is 5.32. The maximum Gasteiger partial charge on any atom is 0.472 e. The van der Waals surface area contributed by atoms with E-state index in [0.717, 1.165) is 77.0 Å². The molecule has 0 aromatic carbocycles. The number of aliphatic hydroxyl groups excluding tert-OH is 1. The highest BCUT2D eigenvalue weighted by Crippen LogP contribution is 2.43. The third-order valence-corrected chi connectivity index (χ3v) is 9.32. The fourth-order valence-electron chi connectivity index (χ4n) is 4.83. The molecule has 0 aliphatic heterocycles. The van der Waals surface area contributed by atoms with Crippen molar-refractivity contribution in [1.82, 2.24) is 0 Å². The Kier molecular flexibility index (Phi) is 38.4. The first-order valence-electron chi connectivity index (χ1n) is 21.6. The summed E-state index contributed by atoms with van der Waals surface area (Å²) < 4.78 is 32.5. The van der Waals surface area contributed by atoms with Gasteiger partial charge in [0.15, 0.2) is 6.10 Å². The van der Waals surface area contributed by atoms with Crippen LogP contribution in [0.1, 0.15) is 123 Å². The van der Waals surface area contributed by atoms with Crippen LogP contribution in [0.15, 0.2) is 122 Å². The molecule has 0 bridgehead atoms. The average molecular weight is 872 g/mol. The molecule has 0 saturated carbocycles. The minimum atomic E-state index is -4.77. The summed E-state index contributed by atoms with van der Waals surface area (Å²) in [7, 11) is -4.77. The molecule has 0 radical (unpaired) electrons. The number of allylic oxidation sites excluding steroid dienone is 20. The van der Waals surface area contributed by atoms with Crippen LogP contribution in [0.25, 0.3) is 0 Å². The van der Waals surface area contributed by atoms with Gasteiger partial charge < -0.3 is 30.3 Å². The van der Waals surface area contributed by atoms with E-state index in [1.54, 1.807) is 0 Å². The van der Waals surface area contributed by atoms with Crippen LogP contribution in [-0.4, -0.2) is 71.1 Å². The molecule has 0 heterocycles. The lowest BCUT2D eigenvalue weighted by Crippen LogP contribution is -2.34. The highest BCUT2D eigenvalue weighted by atomic mass is 31.2. The molecule has 0 amide bonds. The molecule has 4 atom stereocenters. The van der Waals surface area contributed by atoms with Crippen molar-refractivity contribution in [2.45, 2.75) is 141 Å². The lowest BCUT2D eigenvalue weighted by molar-refractivity contribution is -0.161. The van der Waals surface area contributed by atoms with Crippen molar-refractivity contribution in [1.29, 1.82) is 0 Å². The number of carbonyl (C=O) groups excluding carboxylic acids is 2. The molecule has 1 unspecified atom stereocenters. The molecule has 5 N–H and O–H groups in total. The Morgan fingerprint density at radius 2 is 1.00 bits per heavy atom. The van der Waals surface area contributed by atoms with Crippen molar-refractivity contribution in [3.63, 3.8) is 0 Å². The van der Waals surface area contributed by atoms with Gasteiger partial charge in [0.1, 0.15) is 12.6 Å². The van der Waals surface area contributed by atoms with E-state index in [4.69, 9.17) is 24.8 Å². The van der Waals surface area contributed by atoms with Gasteiger partial charge in [-0.15, -0.1) is 0 Å². The maximum atomic E-state index is 12.6. The number of phosphoric acid groups is 1. The van der Waals surface area contributed by atoms with Gasteiger partial charge in [-0.05, 0) is 96.3 Å². The number of ether oxygens (including phenoxy) is 2. The Balaban J connectivity index is 4.62. The van der Waals surface area contributed by atoms with Crippen LogP contribution in [0.5, 0.6) is 0 Å². The Bertz CT molecular complexity index is 1510. The number of phosphoric ester groups is 1.